The molecule has 0 bridgehead atoms. The molecule has 5 heteroatoms. The number of rotatable bonds is 2. The normalized spacial score (nSPS) is 11.8. The van der Waals surface area contributed by atoms with Crippen LogP contribution in [0.1, 0.15) is 0 Å². The molecule has 0 fully saturated rings. The van der Waals surface area contributed by atoms with Gasteiger partial charge in [-0.2, -0.15) is 5.10 Å². The van der Waals surface area contributed by atoms with E-state index in [4.69, 9.17) is 0 Å². The van der Waals surface area contributed by atoms with Gasteiger partial charge in [-0.1, -0.05) is 18.2 Å². The summed E-state index contributed by atoms with van der Waals surface area (Å²) < 4.78 is 24.7. The number of sulfone groups is 1. The molecule has 0 saturated carbocycles. The van der Waals surface area contributed by atoms with Crippen LogP contribution in [0.5, 0.6) is 0 Å². The lowest BCUT2D eigenvalue weighted by atomic mass is 10.3. The molecule has 4 nitrogen and oxygen atoms in total. The minimum Gasteiger partial charge on any atom is -0.278 e. The number of fused-ring (bicyclic) bond motifs is 1. The predicted molar refractivity (Wildman–Crippen MR) is 68.0 cm³/mol. The molecule has 0 aliphatic rings. The molecular formula is C13H10N2O2S. The van der Waals surface area contributed by atoms with Gasteiger partial charge in [0.2, 0.25) is 9.84 Å². The van der Waals surface area contributed by atoms with Crippen LogP contribution in [0.4, 0.5) is 0 Å². The number of nitrogens with one attached hydrogen (secondary N) is 1. The van der Waals surface area contributed by atoms with Gasteiger partial charge in [-0.25, -0.2) is 8.42 Å². The second kappa shape index (κ2) is 3.96. The Labute approximate surface area is 104 Å². The molecule has 0 amide bonds. The van der Waals surface area contributed by atoms with Crippen molar-refractivity contribution < 1.29 is 8.42 Å². The molecule has 0 radical (unpaired) electrons. The lowest BCUT2D eigenvalue weighted by Gasteiger charge is -2.04. The molecule has 18 heavy (non-hydrogen) atoms. The third-order valence-electron chi connectivity index (χ3n) is 2.78. The first kappa shape index (κ1) is 11.0. The summed E-state index contributed by atoms with van der Waals surface area (Å²) >= 11 is 0. The summed E-state index contributed by atoms with van der Waals surface area (Å²) in [7, 11) is -3.45. The van der Waals surface area contributed by atoms with E-state index < -0.39 is 9.84 Å². The zero-order valence-electron chi connectivity index (χ0n) is 9.37. The Hall–Kier alpha value is -2.14. The molecule has 90 valence electrons. The van der Waals surface area contributed by atoms with Crippen LogP contribution in [0.15, 0.2) is 64.5 Å². The Morgan fingerprint density at radius 3 is 2.50 bits per heavy atom. The van der Waals surface area contributed by atoms with Gasteiger partial charge in [-0.05, 0) is 30.3 Å². The van der Waals surface area contributed by atoms with Gasteiger partial charge in [-0.15, -0.1) is 0 Å². The summed E-state index contributed by atoms with van der Waals surface area (Å²) in [5, 5.41) is 7.45. The van der Waals surface area contributed by atoms with Crippen molar-refractivity contribution in [2.45, 2.75) is 9.79 Å². The minimum absolute atomic E-state index is 0.280. The second-order valence-electron chi connectivity index (χ2n) is 3.94. The lowest BCUT2D eigenvalue weighted by Crippen LogP contribution is -2.01. The number of aromatic amines is 1. The molecule has 1 N–H and O–H groups in total. The standard InChI is InChI=1S/C13H10N2O2S/c16-18(17,11-4-2-1-3-5-11)12-6-7-13-10(8-12)9-14-15-13/h1-9H,(H,14,15). The van der Waals surface area contributed by atoms with Gasteiger partial charge >= 0.3 is 0 Å². The first-order valence-corrected chi connectivity index (χ1v) is 6.89. The fraction of sp³-hybridized carbons (Fsp3) is 0. The smallest absolute Gasteiger partial charge is 0.206 e. The molecule has 0 atom stereocenters. The van der Waals surface area contributed by atoms with Crippen molar-refractivity contribution in [3.8, 4) is 0 Å². The Balaban J connectivity index is 2.19. The quantitative estimate of drug-likeness (QED) is 0.767. The van der Waals surface area contributed by atoms with Crippen molar-refractivity contribution in [1.29, 1.82) is 0 Å². The maximum absolute atomic E-state index is 12.4. The second-order valence-corrected chi connectivity index (χ2v) is 5.89. The van der Waals surface area contributed by atoms with Crippen LogP contribution >= 0.6 is 0 Å². The van der Waals surface area contributed by atoms with E-state index in [0.717, 1.165) is 10.9 Å². The maximum atomic E-state index is 12.4. The highest BCUT2D eigenvalue weighted by atomic mass is 32.2. The van der Waals surface area contributed by atoms with E-state index in [2.05, 4.69) is 10.2 Å². The number of H-pyrrole nitrogens is 1. The molecule has 3 rings (SSSR count). The number of benzene rings is 2. The third-order valence-corrected chi connectivity index (χ3v) is 4.54. The van der Waals surface area contributed by atoms with E-state index in [0.29, 0.717) is 4.90 Å². The summed E-state index contributed by atoms with van der Waals surface area (Å²) in [5.41, 5.74) is 0.821. The van der Waals surface area contributed by atoms with Crippen LogP contribution in [0.25, 0.3) is 10.9 Å². The van der Waals surface area contributed by atoms with Gasteiger partial charge in [-0.3, -0.25) is 5.10 Å². The number of hydrogen-bond acceptors (Lipinski definition) is 3. The molecule has 0 unspecified atom stereocenters. The zero-order chi connectivity index (χ0) is 12.6. The molecular weight excluding hydrogens is 248 g/mol. The van der Waals surface area contributed by atoms with E-state index in [9.17, 15) is 8.42 Å². The zero-order valence-corrected chi connectivity index (χ0v) is 10.2. The molecule has 1 aromatic heterocycles. The Morgan fingerprint density at radius 1 is 0.944 bits per heavy atom. The van der Waals surface area contributed by atoms with Crippen LogP contribution < -0.4 is 0 Å². The highest BCUT2D eigenvalue weighted by Crippen LogP contribution is 2.23. The molecule has 0 aliphatic carbocycles. The van der Waals surface area contributed by atoms with Crippen molar-refractivity contribution in [2.24, 2.45) is 0 Å². The highest BCUT2D eigenvalue weighted by molar-refractivity contribution is 7.91. The summed E-state index contributed by atoms with van der Waals surface area (Å²) in [6, 6.07) is 13.3. The average molecular weight is 258 g/mol. The Bertz CT molecular complexity index is 792. The molecule has 1 heterocycles. The fourth-order valence-electron chi connectivity index (χ4n) is 1.82. The minimum atomic E-state index is -3.45. The van der Waals surface area contributed by atoms with E-state index in [1.54, 1.807) is 54.7 Å². The highest BCUT2D eigenvalue weighted by Gasteiger charge is 2.17. The van der Waals surface area contributed by atoms with E-state index >= 15 is 0 Å². The van der Waals surface area contributed by atoms with Crippen molar-refractivity contribution >= 4 is 20.7 Å². The molecule has 3 aromatic rings. The van der Waals surface area contributed by atoms with Gasteiger partial charge in [0.05, 0.1) is 21.5 Å². The molecule has 2 aromatic carbocycles. The predicted octanol–water partition coefficient (Wildman–Crippen LogP) is 2.40. The van der Waals surface area contributed by atoms with Crippen LogP contribution in [-0.2, 0) is 9.84 Å². The number of hydrogen-bond donors (Lipinski definition) is 1. The summed E-state index contributed by atoms with van der Waals surface area (Å²) in [6.07, 6.45) is 1.61. The monoisotopic (exact) mass is 258 g/mol. The van der Waals surface area contributed by atoms with Crippen molar-refractivity contribution in [3.63, 3.8) is 0 Å². The van der Waals surface area contributed by atoms with Crippen molar-refractivity contribution in [3.05, 3.63) is 54.7 Å². The van der Waals surface area contributed by atoms with E-state index in [1.165, 1.54) is 0 Å². The van der Waals surface area contributed by atoms with E-state index in [-0.39, 0.29) is 4.90 Å². The molecule has 0 spiro atoms. The Morgan fingerprint density at radius 2 is 1.72 bits per heavy atom. The van der Waals surface area contributed by atoms with Crippen molar-refractivity contribution in [1.82, 2.24) is 10.2 Å². The lowest BCUT2D eigenvalue weighted by molar-refractivity contribution is 0.596. The molecule has 0 aliphatic heterocycles. The van der Waals surface area contributed by atoms with Crippen LogP contribution in [0.2, 0.25) is 0 Å². The summed E-state index contributed by atoms with van der Waals surface area (Å²) in [4.78, 5) is 0.579. The van der Waals surface area contributed by atoms with Gasteiger partial charge in [0.15, 0.2) is 0 Å². The first-order chi connectivity index (χ1) is 8.68. The number of nitrogens with zero attached hydrogens (tertiary/aromatic N) is 1. The average Bonchev–Trinajstić information content (AvgIpc) is 2.87. The van der Waals surface area contributed by atoms with Gasteiger partial charge < -0.3 is 0 Å². The van der Waals surface area contributed by atoms with Crippen LogP contribution in [0, 0.1) is 0 Å². The largest absolute Gasteiger partial charge is 0.278 e. The Kier molecular flexibility index (Phi) is 2.41. The third kappa shape index (κ3) is 1.69. The number of aromatic nitrogens is 2. The summed E-state index contributed by atoms with van der Waals surface area (Å²) in [6.45, 7) is 0. The van der Waals surface area contributed by atoms with Crippen LogP contribution in [-0.4, -0.2) is 18.6 Å². The maximum Gasteiger partial charge on any atom is 0.206 e. The van der Waals surface area contributed by atoms with Gasteiger partial charge in [0.1, 0.15) is 0 Å². The topological polar surface area (TPSA) is 62.8 Å². The van der Waals surface area contributed by atoms with E-state index in [1.807, 2.05) is 0 Å². The van der Waals surface area contributed by atoms with Gasteiger partial charge in [0, 0.05) is 5.39 Å². The van der Waals surface area contributed by atoms with Gasteiger partial charge in [0.25, 0.3) is 0 Å². The van der Waals surface area contributed by atoms with Crippen LogP contribution in [0.3, 0.4) is 0 Å². The van der Waals surface area contributed by atoms with Crippen molar-refractivity contribution in [2.75, 3.05) is 0 Å². The SMILES string of the molecule is O=S(=O)(c1ccccc1)c1ccc2[nH]ncc2c1. The molecule has 0 saturated heterocycles. The first-order valence-electron chi connectivity index (χ1n) is 5.41. The fourth-order valence-corrected chi connectivity index (χ4v) is 3.14. The summed E-state index contributed by atoms with van der Waals surface area (Å²) in [5.74, 6) is 0.